The summed E-state index contributed by atoms with van der Waals surface area (Å²) in [5, 5.41) is 0. The molecule has 2 aromatic carbocycles. The van der Waals surface area contributed by atoms with Crippen molar-refractivity contribution in [2.75, 3.05) is 18.0 Å². The summed E-state index contributed by atoms with van der Waals surface area (Å²) in [4.78, 5) is 27.4. The number of hydrogen-bond donors (Lipinski definition) is 0. The fraction of sp³-hybridized carbons (Fsp3) is 0.273. The molecule has 4 nitrogen and oxygen atoms in total. The summed E-state index contributed by atoms with van der Waals surface area (Å²) in [5.74, 6) is 0.594. The Morgan fingerprint density at radius 3 is 2.55 bits per heavy atom. The summed E-state index contributed by atoms with van der Waals surface area (Å²) in [6, 6.07) is 16.0. The van der Waals surface area contributed by atoms with E-state index in [-0.39, 0.29) is 19.5 Å². The highest BCUT2D eigenvalue weighted by Gasteiger charge is 2.41. The van der Waals surface area contributed by atoms with E-state index in [1.807, 2.05) is 30.3 Å². The Morgan fingerprint density at radius 1 is 1.17 bits per heavy atom. The van der Waals surface area contributed by atoms with Crippen LogP contribution in [0.1, 0.15) is 17.5 Å². The van der Waals surface area contributed by atoms with Gasteiger partial charge in [0.05, 0.1) is 12.5 Å². The third-order valence-corrected chi connectivity index (χ3v) is 4.71. The number of carbonyl (C=O) groups excluding carboxylic acids is 2. The van der Waals surface area contributed by atoms with Gasteiger partial charge in [0.25, 0.3) is 0 Å². The first kappa shape index (κ1) is 20.5. The molecule has 0 aliphatic carbocycles. The molecule has 1 aliphatic heterocycles. The Morgan fingerprint density at radius 2 is 1.90 bits per heavy atom. The van der Waals surface area contributed by atoms with Crippen LogP contribution in [0.5, 0.6) is 0 Å². The quantitative estimate of drug-likeness (QED) is 0.720. The minimum absolute atomic E-state index is 0.220. The zero-order chi connectivity index (χ0) is 21.0. The number of hydrogen-bond acceptors (Lipinski definition) is 2. The average molecular weight is 400 g/mol. The lowest BCUT2D eigenvalue weighted by Gasteiger charge is -2.26. The van der Waals surface area contributed by atoms with Gasteiger partial charge in [0.1, 0.15) is 6.54 Å². The van der Waals surface area contributed by atoms with Gasteiger partial charge in [-0.2, -0.15) is 13.2 Å². The molecule has 0 spiro atoms. The van der Waals surface area contributed by atoms with Crippen LogP contribution in [0.4, 0.5) is 18.9 Å². The summed E-state index contributed by atoms with van der Waals surface area (Å²) >= 11 is 0. The Kier molecular flexibility index (Phi) is 5.92. The largest absolute Gasteiger partial charge is 0.406 e. The predicted octanol–water partition coefficient (Wildman–Crippen LogP) is 3.61. The van der Waals surface area contributed by atoms with Gasteiger partial charge in [0, 0.05) is 24.2 Å². The highest BCUT2D eigenvalue weighted by Crippen LogP contribution is 2.28. The molecular weight excluding hydrogens is 381 g/mol. The van der Waals surface area contributed by atoms with Crippen molar-refractivity contribution < 1.29 is 22.8 Å². The van der Waals surface area contributed by atoms with E-state index >= 15 is 0 Å². The van der Waals surface area contributed by atoms with Crippen LogP contribution in [0.2, 0.25) is 0 Å². The Labute approximate surface area is 166 Å². The van der Waals surface area contributed by atoms with Crippen molar-refractivity contribution in [2.45, 2.75) is 19.1 Å². The van der Waals surface area contributed by atoms with Gasteiger partial charge in [-0.05, 0) is 23.8 Å². The molecule has 7 heteroatoms. The molecule has 0 aromatic heterocycles. The summed E-state index contributed by atoms with van der Waals surface area (Å²) in [6.45, 7) is -1.38. The SMILES string of the molecule is C#Cc1cccc(N(Cc2ccccc2)C(=O)C2CC(=O)N(CC(F)(F)F)C2)c1. The smallest absolute Gasteiger partial charge is 0.333 e. The molecule has 2 aromatic rings. The zero-order valence-corrected chi connectivity index (χ0v) is 15.5. The van der Waals surface area contributed by atoms with Crippen molar-refractivity contribution in [3.05, 3.63) is 65.7 Å². The van der Waals surface area contributed by atoms with E-state index in [0.29, 0.717) is 16.2 Å². The van der Waals surface area contributed by atoms with Gasteiger partial charge < -0.3 is 9.80 Å². The van der Waals surface area contributed by atoms with Gasteiger partial charge in [-0.3, -0.25) is 9.59 Å². The normalized spacial score (nSPS) is 16.6. The molecule has 1 unspecified atom stereocenters. The Hall–Kier alpha value is -3.27. The number of benzene rings is 2. The van der Waals surface area contributed by atoms with E-state index in [2.05, 4.69) is 5.92 Å². The monoisotopic (exact) mass is 400 g/mol. The fourth-order valence-electron chi connectivity index (χ4n) is 3.35. The summed E-state index contributed by atoms with van der Waals surface area (Å²) in [6.07, 6.45) is 0.711. The highest BCUT2D eigenvalue weighted by molar-refractivity contribution is 5.99. The van der Waals surface area contributed by atoms with Crippen LogP contribution < -0.4 is 4.90 Å². The van der Waals surface area contributed by atoms with Crippen molar-refractivity contribution in [3.63, 3.8) is 0 Å². The van der Waals surface area contributed by atoms with Crippen molar-refractivity contribution in [1.29, 1.82) is 0 Å². The molecule has 29 heavy (non-hydrogen) atoms. The molecule has 1 aliphatic rings. The number of anilines is 1. The topological polar surface area (TPSA) is 40.6 Å². The maximum Gasteiger partial charge on any atom is 0.406 e. The second-order valence-corrected chi connectivity index (χ2v) is 6.90. The maximum absolute atomic E-state index is 13.2. The van der Waals surface area contributed by atoms with Crippen LogP contribution in [0, 0.1) is 18.3 Å². The first-order valence-electron chi connectivity index (χ1n) is 9.03. The van der Waals surface area contributed by atoms with Crippen molar-refractivity contribution in [1.82, 2.24) is 4.90 Å². The number of terminal acetylenes is 1. The minimum atomic E-state index is -4.50. The van der Waals surface area contributed by atoms with Gasteiger partial charge in [-0.25, -0.2) is 0 Å². The number of likely N-dealkylation sites (tertiary alicyclic amines) is 1. The van der Waals surface area contributed by atoms with Gasteiger partial charge >= 0.3 is 6.18 Å². The van der Waals surface area contributed by atoms with Crippen LogP contribution in [0.25, 0.3) is 0 Å². The van der Waals surface area contributed by atoms with E-state index in [0.717, 1.165) is 5.56 Å². The molecule has 0 radical (unpaired) electrons. The van der Waals surface area contributed by atoms with Crippen molar-refractivity contribution >= 4 is 17.5 Å². The molecule has 3 rings (SSSR count). The molecule has 150 valence electrons. The fourth-order valence-corrected chi connectivity index (χ4v) is 3.35. The van der Waals surface area contributed by atoms with E-state index in [4.69, 9.17) is 6.42 Å². The van der Waals surface area contributed by atoms with Gasteiger partial charge in [-0.15, -0.1) is 6.42 Å². The predicted molar refractivity (Wildman–Crippen MR) is 103 cm³/mol. The molecule has 0 N–H and O–H groups in total. The number of nitrogens with zero attached hydrogens (tertiary/aromatic N) is 2. The first-order chi connectivity index (χ1) is 13.8. The number of rotatable bonds is 5. The third-order valence-electron chi connectivity index (χ3n) is 4.71. The number of halogens is 3. The van der Waals surface area contributed by atoms with Gasteiger partial charge in [0.15, 0.2) is 0 Å². The maximum atomic E-state index is 13.2. The Bertz CT molecular complexity index is 935. The lowest BCUT2D eigenvalue weighted by molar-refractivity contribution is -0.157. The summed E-state index contributed by atoms with van der Waals surface area (Å²) in [7, 11) is 0. The standard InChI is InChI=1S/C22H19F3N2O2/c1-2-16-9-6-10-19(11-16)27(13-17-7-4-3-5-8-17)21(29)18-12-20(28)26(14-18)15-22(23,24)25/h1,3-11,18H,12-15H2. The molecule has 0 bridgehead atoms. The molecule has 1 saturated heterocycles. The van der Waals surface area contributed by atoms with Crippen LogP contribution in [-0.2, 0) is 16.1 Å². The lowest BCUT2D eigenvalue weighted by Crippen LogP contribution is -2.39. The van der Waals surface area contributed by atoms with E-state index in [1.54, 1.807) is 24.3 Å². The highest BCUT2D eigenvalue weighted by atomic mass is 19.4. The molecule has 1 heterocycles. The van der Waals surface area contributed by atoms with Gasteiger partial charge in [-0.1, -0.05) is 42.3 Å². The van der Waals surface area contributed by atoms with Gasteiger partial charge in [0.2, 0.25) is 11.8 Å². The van der Waals surface area contributed by atoms with Crippen LogP contribution in [0.3, 0.4) is 0 Å². The van der Waals surface area contributed by atoms with Crippen LogP contribution >= 0.6 is 0 Å². The second-order valence-electron chi connectivity index (χ2n) is 6.90. The second kappa shape index (κ2) is 8.39. The lowest BCUT2D eigenvalue weighted by atomic mass is 10.0. The first-order valence-corrected chi connectivity index (χ1v) is 9.03. The van der Waals surface area contributed by atoms with Crippen LogP contribution in [-0.4, -0.2) is 36.0 Å². The minimum Gasteiger partial charge on any atom is -0.333 e. The number of alkyl halides is 3. The number of amides is 2. The molecule has 2 amide bonds. The van der Waals surface area contributed by atoms with E-state index in [9.17, 15) is 22.8 Å². The summed E-state index contributed by atoms with van der Waals surface area (Å²) in [5.41, 5.74) is 1.97. The Balaban J connectivity index is 1.86. The van der Waals surface area contributed by atoms with Crippen molar-refractivity contribution in [2.24, 2.45) is 5.92 Å². The molecule has 1 atom stereocenters. The van der Waals surface area contributed by atoms with Crippen molar-refractivity contribution in [3.8, 4) is 12.3 Å². The zero-order valence-electron chi connectivity index (χ0n) is 15.5. The third kappa shape index (κ3) is 5.17. The van der Waals surface area contributed by atoms with E-state index in [1.165, 1.54) is 4.90 Å². The molecule has 1 fully saturated rings. The molecule has 0 saturated carbocycles. The number of carbonyl (C=O) groups is 2. The molecular formula is C22H19F3N2O2. The average Bonchev–Trinajstić information content (AvgIpc) is 3.05. The summed E-state index contributed by atoms with van der Waals surface area (Å²) < 4.78 is 38.1. The van der Waals surface area contributed by atoms with Crippen LogP contribution in [0.15, 0.2) is 54.6 Å². The van der Waals surface area contributed by atoms with E-state index < -0.39 is 30.5 Å².